The van der Waals surface area contributed by atoms with Gasteiger partial charge in [-0.2, -0.15) is 4.99 Å². The molecular weight excluding hydrogens is 352 g/mol. The van der Waals surface area contributed by atoms with Gasteiger partial charge in [-0.25, -0.2) is 0 Å². The third kappa shape index (κ3) is 3.98. The van der Waals surface area contributed by atoms with E-state index in [-0.39, 0.29) is 5.91 Å². The highest BCUT2D eigenvalue weighted by Gasteiger charge is 2.26. The average Bonchev–Trinajstić information content (AvgIpc) is 2.87. The first-order valence-electron chi connectivity index (χ1n) is 8.73. The van der Waals surface area contributed by atoms with Crippen molar-refractivity contribution in [1.29, 1.82) is 0 Å². The number of thioether (sulfide) groups is 1. The molecule has 0 aromatic heterocycles. The molecular formula is C19H24N2O4S. The van der Waals surface area contributed by atoms with Gasteiger partial charge in [-0.3, -0.25) is 4.79 Å². The third-order valence-electron chi connectivity index (χ3n) is 4.47. The minimum atomic E-state index is -0.192. The van der Waals surface area contributed by atoms with Crippen molar-refractivity contribution in [2.24, 2.45) is 4.99 Å². The minimum Gasteiger partial charge on any atom is -0.493 e. The summed E-state index contributed by atoms with van der Waals surface area (Å²) in [4.78, 5) is 19.5. The number of ether oxygens (including phenoxy) is 3. The zero-order chi connectivity index (χ0) is 18.5. The highest BCUT2D eigenvalue weighted by Crippen LogP contribution is 2.40. The third-order valence-corrected chi connectivity index (χ3v) is 5.52. The molecule has 7 heteroatoms. The van der Waals surface area contributed by atoms with E-state index in [2.05, 4.69) is 9.89 Å². The van der Waals surface area contributed by atoms with Crippen LogP contribution in [0.5, 0.6) is 17.2 Å². The van der Waals surface area contributed by atoms with Crippen LogP contribution < -0.4 is 14.2 Å². The molecule has 0 atom stereocenters. The maximum absolute atomic E-state index is 12.4. The number of aliphatic imine (C=N–C) groups is 1. The smallest absolute Gasteiger partial charge is 0.286 e. The summed E-state index contributed by atoms with van der Waals surface area (Å²) in [5.41, 5.74) is 0.808. The van der Waals surface area contributed by atoms with Gasteiger partial charge in [0.2, 0.25) is 5.75 Å². The number of hydrogen-bond donors (Lipinski definition) is 0. The first-order valence-corrected chi connectivity index (χ1v) is 9.55. The Morgan fingerprint density at radius 1 is 1.00 bits per heavy atom. The number of hydrogen-bond acceptors (Lipinski definition) is 6. The summed E-state index contributed by atoms with van der Waals surface area (Å²) in [6.45, 7) is 1.94. The van der Waals surface area contributed by atoms with E-state index in [9.17, 15) is 4.79 Å². The number of amides is 1. The normalized spacial score (nSPS) is 19.3. The van der Waals surface area contributed by atoms with E-state index in [1.165, 1.54) is 24.6 Å². The second-order valence-corrected chi connectivity index (χ2v) is 7.18. The van der Waals surface area contributed by atoms with Gasteiger partial charge in [0.1, 0.15) is 0 Å². The Hall–Kier alpha value is -2.15. The molecule has 3 rings (SSSR count). The standard InChI is InChI=1S/C19H24N2O4S/c1-23-14-10-13(11-15(24-2)17(14)25-3)12-16-18(22)20-19(26-16)21-8-6-4-5-7-9-21/h10-12H,4-9H2,1-3H3/b16-12+. The Morgan fingerprint density at radius 3 is 2.15 bits per heavy atom. The molecule has 1 aromatic carbocycles. The number of nitrogens with zero attached hydrogens (tertiary/aromatic N) is 2. The Bertz CT molecular complexity index is 712. The summed E-state index contributed by atoms with van der Waals surface area (Å²) >= 11 is 1.44. The first-order chi connectivity index (χ1) is 12.7. The quantitative estimate of drug-likeness (QED) is 0.749. The summed E-state index contributed by atoms with van der Waals surface area (Å²) in [7, 11) is 4.71. The van der Waals surface area contributed by atoms with Gasteiger partial charge in [-0.05, 0) is 48.4 Å². The van der Waals surface area contributed by atoms with Crippen LogP contribution in [-0.2, 0) is 4.79 Å². The molecule has 2 aliphatic rings. The molecule has 1 saturated heterocycles. The molecule has 0 spiro atoms. The van der Waals surface area contributed by atoms with Crippen LogP contribution in [0.4, 0.5) is 0 Å². The Kier molecular flexibility index (Phi) is 6.08. The van der Waals surface area contributed by atoms with Gasteiger partial charge in [0.15, 0.2) is 16.7 Å². The van der Waals surface area contributed by atoms with Crippen LogP contribution in [0.1, 0.15) is 31.2 Å². The van der Waals surface area contributed by atoms with Crippen LogP contribution in [0.15, 0.2) is 22.0 Å². The summed E-state index contributed by atoms with van der Waals surface area (Å²) in [5.74, 6) is 1.46. The van der Waals surface area contributed by atoms with Crippen LogP contribution in [0.3, 0.4) is 0 Å². The fourth-order valence-corrected chi connectivity index (χ4v) is 4.10. The fourth-order valence-electron chi connectivity index (χ4n) is 3.13. The van der Waals surface area contributed by atoms with Gasteiger partial charge in [0.05, 0.1) is 26.2 Å². The zero-order valence-corrected chi connectivity index (χ0v) is 16.2. The van der Waals surface area contributed by atoms with Gasteiger partial charge in [-0.1, -0.05) is 12.8 Å². The summed E-state index contributed by atoms with van der Waals surface area (Å²) in [5, 5.41) is 0.815. The van der Waals surface area contributed by atoms with Crippen molar-refractivity contribution in [3.05, 3.63) is 22.6 Å². The zero-order valence-electron chi connectivity index (χ0n) is 15.4. The lowest BCUT2D eigenvalue weighted by atomic mass is 10.1. The van der Waals surface area contributed by atoms with Crippen molar-refractivity contribution in [1.82, 2.24) is 4.90 Å². The summed E-state index contributed by atoms with van der Waals surface area (Å²) < 4.78 is 16.1. The number of methoxy groups -OCH3 is 3. The molecule has 2 aliphatic heterocycles. The lowest BCUT2D eigenvalue weighted by molar-refractivity contribution is -0.113. The van der Waals surface area contributed by atoms with E-state index >= 15 is 0 Å². The van der Waals surface area contributed by atoms with Crippen LogP contribution in [0.25, 0.3) is 6.08 Å². The van der Waals surface area contributed by atoms with Crippen LogP contribution in [0, 0.1) is 0 Å². The van der Waals surface area contributed by atoms with Gasteiger partial charge in [0, 0.05) is 13.1 Å². The SMILES string of the molecule is COc1cc(/C=C2/SC(N3CCCCCC3)=NC2=O)cc(OC)c1OC. The van der Waals surface area contributed by atoms with E-state index in [1.807, 2.05) is 18.2 Å². The molecule has 0 saturated carbocycles. The summed E-state index contributed by atoms with van der Waals surface area (Å²) in [6.07, 6.45) is 6.62. The number of carbonyl (C=O) groups is 1. The molecule has 1 aromatic rings. The van der Waals surface area contributed by atoms with E-state index < -0.39 is 0 Å². The maximum atomic E-state index is 12.4. The Labute approximate surface area is 158 Å². The van der Waals surface area contributed by atoms with Gasteiger partial charge < -0.3 is 19.1 Å². The number of carbonyl (C=O) groups excluding carboxylic acids is 1. The molecule has 140 valence electrons. The summed E-state index contributed by atoms with van der Waals surface area (Å²) in [6, 6.07) is 3.65. The van der Waals surface area contributed by atoms with Crippen molar-refractivity contribution in [3.8, 4) is 17.2 Å². The van der Waals surface area contributed by atoms with Crippen LogP contribution in [-0.4, -0.2) is 50.4 Å². The molecule has 0 aliphatic carbocycles. The van der Waals surface area contributed by atoms with E-state index in [0.29, 0.717) is 22.2 Å². The number of amidine groups is 1. The van der Waals surface area contributed by atoms with E-state index in [0.717, 1.165) is 36.7 Å². The average molecular weight is 376 g/mol. The molecule has 0 bridgehead atoms. The topological polar surface area (TPSA) is 60.4 Å². The predicted octanol–water partition coefficient (Wildman–Crippen LogP) is 3.56. The predicted molar refractivity (Wildman–Crippen MR) is 104 cm³/mol. The van der Waals surface area contributed by atoms with Gasteiger partial charge in [0.25, 0.3) is 5.91 Å². The first kappa shape index (κ1) is 18.6. The van der Waals surface area contributed by atoms with Crippen LogP contribution in [0.2, 0.25) is 0 Å². The van der Waals surface area contributed by atoms with E-state index in [1.54, 1.807) is 21.3 Å². The number of rotatable bonds is 4. The molecule has 1 fully saturated rings. The fraction of sp³-hybridized carbons (Fsp3) is 0.474. The Morgan fingerprint density at radius 2 is 1.62 bits per heavy atom. The molecule has 2 heterocycles. The van der Waals surface area contributed by atoms with Crippen molar-refractivity contribution >= 4 is 28.9 Å². The molecule has 1 amide bonds. The maximum Gasteiger partial charge on any atom is 0.286 e. The number of benzene rings is 1. The highest BCUT2D eigenvalue weighted by molar-refractivity contribution is 8.18. The monoisotopic (exact) mass is 376 g/mol. The molecule has 0 N–H and O–H groups in total. The molecule has 0 radical (unpaired) electrons. The minimum absolute atomic E-state index is 0.192. The van der Waals surface area contributed by atoms with Crippen LogP contribution >= 0.6 is 11.8 Å². The highest BCUT2D eigenvalue weighted by atomic mass is 32.2. The van der Waals surface area contributed by atoms with Gasteiger partial charge in [-0.15, -0.1) is 0 Å². The lowest BCUT2D eigenvalue weighted by Gasteiger charge is -2.20. The molecule has 6 nitrogen and oxygen atoms in total. The van der Waals surface area contributed by atoms with E-state index in [4.69, 9.17) is 14.2 Å². The van der Waals surface area contributed by atoms with Crippen molar-refractivity contribution < 1.29 is 19.0 Å². The Balaban J connectivity index is 1.83. The molecule has 26 heavy (non-hydrogen) atoms. The lowest BCUT2D eigenvalue weighted by Crippen LogP contribution is -2.28. The number of likely N-dealkylation sites (tertiary alicyclic amines) is 1. The van der Waals surface area contributed by atoms with Crippen molar-refractivity contribution in [2.75, 3.05) is 34.4 Å². The van der Waals surface area contributed by atoms with Crippen molar-refractivity contribution in [2.45, 2.75) is 25.7 Å². The molecule has 0 unspecified atom stereocenters. The second kappa shape index (κ2) is 8.49. The second-order valence-electron chi connectivity index (χ2n) is 6.17. The van der Waals surface area contributed by atoms with Crippen molar-refractivity contribution in [3.63, 3.8) is 0 Å². The largest absolute Gasteiger partial charge is 0.493 e. The van der Waals surface area contributed by atoms with Gasteiger partial charge >= 0.3 is 0 Å².